The van der Waals surface area contributed by atoms with Crippen LogP contribution in [-0.4, -0.2) is 36.0 Å². The number of carboxylic acid groups (broad SMARTS) is 1. The maximum Gasteiger partial charge on any atom is 0.409 e. The minimum atomic E-state index is -1.27. The molecule has 104 valence electrons. The highest BCUT2D eigenvalue weighted by Crippen LogP contribution is 2.35. The predicted molar refractivity (Wildman–Crippen MR) is 59.2 cm³/mol. The lowest BCUT2D eigenvalue weighted by Crippen LogP contribution is -2.35. The van der Waals surface area contributed by atoms with Crippen molar-refractivity contribution < 1.29 is 27.8 Å². The summed E-state index contributed by atoms with van der Waals surface area (Å²) >= 11 is 0. The summed E-state index contributed by atoms with van der Waals surface area (Å²) in [7, 11) is 1.31. The van der Waals surface area contributed by atoms with Crippen LogP contribution in [0.3, 0.4) is 0 Å². The molecule has 7 heteroatoms. The van der Waals surface area contributed by atoms with Gasteiger partial charge >= 0.3 is 6.09 Å². The van der Waals surface area contributed by atoms with Crippen LogP contribution in [0.2, 0.25) is 0 Å². The van der Waals surface area contributed by atoms with Gasteiger partial charge in [-0.25, -0.2) is 18.0 Å². The SMILES string of the molecule is COC1CC(c2c(F)ccc(F)c2F)CN1C(=O)O. The van der Waals surface area contributed by atoms with Gasteiger partial charge in [0.2, 0.25) is 0 Å². The van der Waals surface area contributed by atoms with Crippen LogP contribution >= 0.6 is 0 Å². The topological polar surface area (TPSA) is 49.8 Å². The van der Waals surface area contributed by atoms with Crippen molar-refractivity contribution in [2.75, 3.05) is 13.7 Å². The Hall–Kier alpha value is -1.76. The smallest absolute Gasteiger partial charge is 0.409 e. The van der Waals surface area contributed by atoms with Gasteiger partial charge in [0.1, 0.15) is 12.0 Å². The number of ether oxygens (including phenoxy) is 1. The van der Waals surface area contributed by atoms with Crippen LogP contribution in [0.1, 0.15) is 17.9 Å². The molecule has 0 aliphatic carbocycles. The molecule has 0 aromatic heterocycles. The van der Waals surface area contributed by atoms with Gasteiger partial charge in [-0.3, -0.25) is 4.90 Å². The second-order valence-corrected chi connectivity index (χ2v) is 4.31. The van der Waals surface area contributed by atoms with E-state index in [0.29, 0.717) is 6.07 Å². The summed E-state index contributed by atoms with van der Waals surface area (Å²) in [6.45, 7) is -0.134. The van der Waals surface area contributed by atoms with E-state index in [4.69, 9.17) is 9.84 Å². The van der Waals surface area contributed by atoms with Gasteiger partial charge < -0.3 is 9.84 Å². The van der Waals surface area contributed by atoms with Crippen LogP contribution in [0.25, 0.3) is 0 Å². The summed E-state index contributed by atoms with van der Waals surface area (Å²) in [5, 5.41) is 8.96. The van der Waals surface area contributed by atoms with Crippen LogP contribution in [0.15, 0.2) is 12.1 Å². The number of carbonyl (C=O) groups is 1. The van der Waals surface area contributed by atoms with Gasteiger partial charge in [-0.2, -0.15) is 0 Å². The van der Waals surface area contributed by atoms with Crippen molar-refractivity contribution in [1.82, 2.24) is 4.90 Å². The molecule has 0 bridgehead atoms. The van der Waals surface area contributed by atoms with E-state index >= 15 is 0 Å². The third-order valence-electron chi connectivity index (χ3n) is 3.26. The summed E-state index contributed by atoms with van der Waals surface area (Å²) in [5.41, 5.74) is -0.425. The maximum absolute atomic E-state index is 13.7. The Morgan fingerprint density at radius 2 is 2.00 bits per heavy atom. The number of halogens is 3. The zero-order valence-corrected chi connectivity index (χ0v) is 10.1. The van der Waals surface area contributed by atoms with E-state index in [1.807, 2.05) is 0 Å². The molecule has 1 amide bonds. The highest BCUT2D eigenvalue weighted by Gasteiger charge is 2.38. The van der Waals surface area contributed by atoms with Crippen molar-refractivity contribution in [3.8, 4) is 0 Å². The lowest BCUT2D eigenvalue weighted by atomic mass is 9.96. The van der Waals surface area contributed by atoms with E-state index in [9.17, 15) is 18.0 Å². The van der Waals surface area contributed by atoms with Gasteiger partial charge in [-0.05, 0) is 12.1 Å². The second-order valence-electron chi connectivity index (χ2n) is 4.31. The first-order valence-electron chi connectivity index (χ1n) is 5.61. The molecular weight excluding hydrogens is 263 g/mol. The van der Waals surface area contributed by atoms with Gasteiger partial charge in [-0.15, -0.1) is 0 Å². The largest absolute Gasteiger partial charge is 0.465 e. The first-order chi connectivity index (χ1) is 8.95. The monoisotopic (exact) mass is 275 g/mol. The highest BCUT2D eigenvalue weighted by atomic mass is 19.2. The molecule has 1 saturated heterocycles. The van der Waals surface area contributed by atoms with E-state index in [1.54, 1.807) is 0 Å². The summed E-state index contributed by atoms with van der Waals surface area (Å²) in [6, 6.07) is 1.53. The normalized spacial score (nSPS) is 22.8. The Morgan fingerprint density at radius 3 is 2.53 bits per heavy atom. The van der Waals surface area contributed by atoms with Crippen molar-refractivity contribution in [3.63, 3.8) is 0 Å². The fraction of sp³-hybridized carbons (Fsp3) is 0.417. The lowest BCUT2D eigenvalue weighted by Gasteiger charge is -2.19. The molecule has 0 radical (unpaired) electrons. The Bertz CT molecular complexity index is 509. The molecular formula is C12H12F3NO3. The van der Waals surface area contributed by atoms with E-state index in [-0.39, 0.29) is 13.0 Å². The van der Waals surface area contributed by atoms with Gasteiger partial charge in [0.15, 0.2) is 11.6 Å². The van der Waals surface area contributed by atoms with Crippen molar-refractivity contribution in [2.45, 2.75) is 18.6 Å². The van der Waals surface area contributed by atoms with Crippen LogP contribution in [0, 0.1) is 17.5 Å². The van der Waals surface area contributed by atoms with Gasteiger partial charge in [0.05, 0.1) is 0 Å². The molecule has 1 fully saturated rings. The molecule has 19 heavy (non-hydrogen) atoms. The molecule has 1 aromatic rings. The molecule has 1 aliphatic heterocycles. The minimum absolute atomic E-state index is 0.0834. The molecule has 2 atom stereocenters. The van der Waals surface area contributed by atoms with Gasteiger partial charge in [-0.1, -0.05) is 0 Å². The quantitative estimate of drug-likeness (QED) is 0.844. The average Bonchev–Trinajstić information content (AvgIpc) is 2.78. The first kappa shape index (κ1) is 13.7. The number of rotatable bonds is 2. The van der Waals surface area contributed by atoms with E-state index in [1.165, 1.54) is 7.11 Å². The van der Waals surface area contributed by atoms with E-state index < -0.39 is 41.3 Å². The van der Waals surface area contributed by atoms with Crippen molar-refractivity contribution in [3.05, 3.63) is 35.1 Å². The second kappa shape index (κ2) is 5.08. The Kier molecular flexibility index (Phi) is 3.66. The number of hydrogen-bond donors (Lipinski definition) is 1. The molecule has 1 N–H and O–H groups in total. The lowest BCUT2D eigenvalue weighted by molar-refractivity contribution is 0.00415. The summed E-state index contributed by atoms with van der Waals surface area (Å²) in [6.07, 6.45) is -1.95. The predicted octanol–water partition coefficient (Wildman–Crippen LogP) is 2.54. The molecule has 1 heterocycles. The minimum Gasteiger partial charge on any atom is -0.465 e. The molecule has 1 aliphatic rings. The molecule has 4 nitrogen and oxygen atoms in total. The van der Waals surface area contributed by atoms with Crippen molar-refractivity contribution in [1.29, 1.82) is 0 Å². The fourth-order valence-electron chi connectivity index (χ4n) is 2.35. The molecule has 2 unspecified atom stereocenters. The first-order valence-corrected chi connectivity index (χ1v) is 5.61. The standard InChI is InChI=1S/C12H12F3NO3/c1-19-9-4-6(5-16(9)12(17)18)10-7(13)2-3-8(14)11(10)15/h2-3,6,9H,4-5H2,1H3,(H,17,18). The van der Waals surface area contributed by atoms with E-state index in [0.717, 1.165) is 11.0 Å². The summed E-state index contributed by atoms with van der Waals surface area (Å²) < 4.78 is 45.4. The van der Waals surface area contributed by atoms with Gasteiger partial charge in [0.25, 0.3) is 0 Å². The third kappa shape index (κ3) is 2.37. The number of benzene rings is 1. The third-order valence-corrected chi connectivity index (χ3v) is 3.26. The number of nitrogens with zero attached hydrogens (tertiary/aromatic N) is 1. The molecule has 1 aromatic carbocycles. The number of amides is 1. The summed E-state index contributed by atoms with van der Waals surface area (Å²) in [4.78, 5) is 11.9. The van der Waals surface area contributed by atoms with Crippen LogP contribution in [-0.2, 0) is 4.74 Å². The number of methoxy groups -OCH3 is 1. The molecule has 0 saturated carbocycles. The van der Waals surface area contributed by atoms with Crippen LogP contribution < -0.4 is 0 Å². The Balaban J connectivity index is 2.35. The zero-order valence-electron chi connectivity index (χ0n) is 10.1. The van der Waals surface area contributed by atoms with Crippen molar-refractivity contribution in [2.24, 2.45) is 0 Å². The molecule has 2 rings (SSSR count). The van der Waals surface area contributed by atoms with Crippen LogP contribution in [0.5, 0.6) is 0 Å². The maximum atomic E-state index is 13.7. The fourth-order valence-corrected chi connectivity index (χ4v) is 2.35. The Morgan fingerprint density at radius 1 is 1.37 bits per heavy atom. The van der Waals surface area contributed by atoms with E-state index in [2.05, 4.69) is 0 Å². The van der Waals surface area contributed by atoms with Crippen LogP contribution in [0.4, 0.5) is 18.0 Å². The van der Waals surface area contributed by atoms with Gasteiger partial charge in [0, 0.05) is 31.6 Å². The highest BCUT2D eigenvalue weighted by molar-refractivity contribution is 5.66. The average molecular weight is 275 g/mol. The molecule has 0 spiro atoms. The number of hydrogen-bond acceptors (Lipinski definition) is 2. The zero-order chi connectivity index (χ0) is 14.2. The summed E-state index contributed by atoms with van der Waals surface area (Å²) in [5.74, 6) is -4.08. The van der Waals surface area contributed by atoms with Crippen molar-refractivity contribution >= 4 is 6.09 Å². The Labute approximate surface area is 107 Å². The number of likely N-dealkylation sites (tertiary alicyclic amines) is 1.